The number of amides is 2. The predicted molar refractivity (Wildman–Crippen MR) is 102 cm³/mol. The van der Waals surface area contributed by atoms with Gasteiger partial charge in [0.2, 0.25) is 10.9 Å². The van der Waals surface area contributed by atoms with Crippen LogP contribution < -0.4 is 5.32 Å². The number of anilines is 1. The van der Waals surface area contributed by atoms with Gasteiger partial charge in [0.15, 0.2) is 0 Å². The lowest BCUT2D eigenvalue weighted by atomic mass is 9.98. The molecule has 1 fully saturated rings. The summed E-state index contributed by atoms with van der Waals surface area (Å²) in [6.07, 6.45) is 2.38. The molecule has 1 aliphatic rings. The Morgan fingerprint density at radius 2 is 2.19 bits per heavy atom. The lowest BCUT2D eigenvalue weighted by molar-refractivity contribution is -0.133. The van der Waals surface area contributed by atoms with Crippen LogP contribution in [-0.2, 0) is 4.79 Å². The molecule has 6 nitrogen and oxygen atoms in total. The lowest BCUT2D eigenvalue weighted by Crippen LogP contribution is -2.39. The maximum absolute atomic E-state index is 13.2. The molecule has 2 amide bonds. The van der Waals surface area contributed by atoms with Gasteiger partial charge in [-0.05, 0) is 37.0 Å². The van der Waals surface area contributed by atoms with Crippen LogP contribution in [0.1, 0.15) is 53.8 Å². The molecular weight excluding hydrogens is 367 g/mol. The fourth-order valence-corrected chi connectivity index (χ4v) is 3.99. The highest BCUT2D eigenvalue weighted by Gasteiger charge is 2.28. The number of nitrogens with zero attached hydrogens (tertiary/aromatic N) is 3. The van der Waals surface area contributed by atoms with Gasteiger partial charge in [0.1, 0.15) is 10.8 Å². The molecule has 2 aromatic rings. The van der Waals surface area contributed by atoms with E-state index in [-0.39, 0.29) is 16.8 Å². The van der Waals surface area contributed by atoms with Gasteiger partial charge in [0.05, 0.1) is 0 Å². The minimum absolute atomic E-state index is 0.100. The topological polar surface area (TPSA) is 75.2 Å². The number of piperidine rings is 1. The zero-order valence-electron chi connectivity index (χ0n) is 15.4. The quantitative estimate of drug-likeness (QED) is 0.845. The molecule has 0 unspecified atom stereocenters. The first-order chi connectivity index (χ1) is 12.9. The van der Waals surface area contributed by atoms with Crippen LogP contribution in [0.4, 0.5) is 10.1 Å². The molecule has 144 valence electrons. The van der Waals surface area contributed by atoms with E-state index in [2.05, 4.69) is 15.5 Å². The van der Waals surface area contributed by atoms with Crippen molar-refractivity contribution in [3.63, 3.8) is 0 Å². The molecule has 27 heavy (non-hydrogen) atoms. The number of halogens is 1. The van der Waals surface area contributed by atoms with Gasteiger partial charge in [0.25, 0.3) is 5.91 Å². The second-order valence-corrected chi connectivity index (χ2v) is 8.20. The molecular formula is C19H23FN4O2S. The van der Waals surface area contributed by atoms with Crippen LogP contribution in [0.15, 0.2) is 24.3 Å². The molecule has 8 heteroatoms. The van der Waals surface area contributed by atoms with Crippen LogP contribution >= 0.6 is 11.3 Å². The molecule has 1 N–H and O–H groups in total. The molecule has 0 bridgehead atoms. The Kier molecular flexibility index (Phi) is 6.15. The normalized spacial score (nSPS) is 17.2. The highest BCUT2D eigenvalue weighted by molar-refractivity contribution is 7.13. The summed E-state index contributed by atoms with van der Waals surface area (Å²) in [5.41, 5.74) is 0.375. The molecule has 1 aromatic carbocycles. The highest BCUT2D eigenvalue weighted by atomic mass is 32.1. The SMILES string of the molecule is CC(C)CC(=O)N1CCC[C@H](c2nnc(C(=O)Nc3cccc(F)c3)s2)C1. The molecule has 2 heterocycles. The van der Waals surface area contributed by atoms with E-state index in [4.69, 9.17) is 0 Å². The molecule has 1 aliphatic heterocycles. The third kappa shape index (κ3) is 5.09. The number of rotatable bonds is 5. The maximum Gasteiger partial charge on any atom is 0.286 e. The summed E-state index contributed by atoms with van der Waals surface area (Å²) in [4.78, 5) is 26.5. The van der Waals surface area contributed by atoms with Gasteiger partial charge in [-0.3, -0.25) is 9.59 Å². The number of nitrogens with one attached hydrogen (secondary N) is 1. The van der Waals surface area contributed by atoms with E-state index in [9.17, 15) is 14.0 Å². The van der Waals surface area contributed by atoms with Crippen LogP contribution in [0.3, 0.4) is 0 Å². The summed E-state index contributed by atoms with van der Waals surface area (Å²) < 4.78 is 13.2. The van der Waals surface area contributed by atoms with Gasteiger partial charge in [-0.2, -0.15) is 0 Å². The van der Waals surface area contributed by atoms with E-state index in [1.165, 1.54) is 29.5 Å². The van der Waals surface area contributed by atoms with Crippen molar-refractivity contribution in [1.29, 1.82) is 0 Å². The molecule has 0 saturated carbocycles. The summed E-state index contributed by atoms with van der Waals surface area (Å²) in [5.74, 6) is -0.226. The minimum Gasteiger partial charge on any atom is -0.342 e. The van der Waals surface area contributed by atoms with Gasteiger partial charge < -0.3 is 10.2 Å². The van der Waals surface area contributed by atoms with Crippen LogP contribution in [0.5, 0.6) is 0 Å². The van der Waals surface area contributed by atoms with Gasteiger partial charge in [-0.25, -0.2) is 4.39 Å². The number of hydrogen-bond acceptors (Lipinski definition) is 5. The summed E-state index contributed by atoms with van der Waals surface area (Å²) in [6.45, 7) is 5.46. The Labute approximate surface area is 161 Å². The number of likely N-dealkylation sites (tertiary alicyclic amines) is 1. The van der Waals surface area contributed by atoms with Crippen molar-refractivity contribution in [2.24, 2.45) is 5.92 Å². The largest absolute Gasteiger partial charge is 0.342 e. The molecule has 0 radical (unpaired) electrons. The first-order valence-electron chi connectivity index (χ1n) is 9.10. The highest BCUT2D eigenvalue weighted by Crippen LogP contribution is 2.30. The summed E-state index contributed by atoms with van der Waals surface area (Å²) in [7, 11) is 0. The average molecular weight is 390 g/mol. The van der Waals surface area contributed by atoms with E-state index in [1.807, 2.05) is 18.7 Å². The Balaban J connectivity index is 1.64. The third-order valence-corrected chi connectivity index (χ3v) is 5.51. The number of carbonyl (C=O) groups excluding carboxylic acids is 2. The van der Waals surface area contributed by atoms with Crippen molar-refractivity contribution in [1.82, 2.24) is 15.1 Å². The van der Waals surface area contributed by atoms with Crippen molar-refractivity contribution in [3.05, 3.63) is 40.1 Å². The predicted octanol–water partition coefficient (Wildman–Crippen LogP) is 3.68. The molecule has 1 atom stereocenters. The lowest BCUT2D eigenvalue weighted by Gasteiger charge is -2.32. The van der Waals surface area contributed by atoms with E-state index in [0.29, 0.717) is 24.6 Å². The standard InChI is InChI=1S/C19H23FN4O2S/c1-12(2)9-16(25)24-8-4-5-13(11-24)18-22-23-19(27-18)17(26)21-15-7-3-6-14(20)10-15/h3,6-7,10,12-13H,4-5,8-9,11H2,1-2H3,(H,21,26)/t13-/m0/s1. The van der Waals surface area contributed by atoms with Crippen molar-refractivity contribution in [2.45, 2.75) is 39.0 Å². The molecule has 3 rings (SSSR count). The number of hydrogen-bond donors (Lipinski definition) is 1. The number of benzene rings is 1. The van der Waals surface area contributed by atoms with Crippen molar-refractivity contribution < 1.29 is 14.0 Å². The monoisotopic (exact) mass is 390 g/mol. The smallest absolute Gasteiger partial charge is 0.286 e. The molecule has 0 spiro atoms. The fraction of sp³-hybridized carbons (Fsp3) is 0.474. The number of carbonyl (C=O) groups is 2. The molecule has 1 saturated heterocycles. The van der Waals surface area contributed by atoms with Gasteiger partial charge in [-0.15, -0.1) is 10.2 Å². The van der Waals surface area contributed by atoms with Gasteiger partial charge >= 0.3 is 0 Å². The molecule has 1 aromatic heterocycles. The van der Waals surface area contributed by atoms with E-state index in [1.54, 1.807) is 6.07 Å². The molecule has 0 aliphatic carbocycles. The maximum atomic E-state index is 13.2. The first kappa shape index (κ1) is 19.4. The summed E-state index contributed by atoms with van der Waals surface area (Å²) >= 11 is 1.23. The van der Waals surface area contributed by atoms with Gasteiger partial charge in [0, 0.05) is 31.1 Å². The van der Waals surface area contributed by atoms with Crippen LogP contribution in [0, 0.1) is 11.7 Å². The zero-order valence-corrected chi connectivity index (χ0v) is 16.3. The van der Waals surface area contributed by atoms with E-state index >= 15 is 0 Å². The van der Waals surface area contributed by atoms with E-state index in [0.717, 1.165) is 24.4 Å². The van der Waals surface area contributed by atoms with Crippen molar-refractivity contribution in [2.75, 3.05) is 18.4 Å². The van der Waals surface area contributed by atoms with E-state index < -0.39 is 11.7 Å². The van der Waals surface area contributed by atoms with Crippen LogP contribution in [0.25, 0.3) is 0 Å². The average Bonchev–Trinajstić information content (AvgIpc) is 3.11. The van der Waals surface area contributed by atoms with Crippen LogP contribution in [0.2, 0.25) is 0 Å². The summed E-state index contributed by atoms with van der Waals surface area (Å²) in [6, 6.07) is 5.71. The minimum atomic E-state index is -0.417. The zero-order chi connectivity index (χ0) is 19.4. The second-order valence-electron chi connectivity index (χ2n) is 7.19. The third-order valence-electron chi connectivity index (χ3n) is 4.42. The Morgan fingerprint density at radius 1 is 1.37 bits per heavy atom. The van der Waals surface area contributed by atoms with Gasteiger partial charge in [-0.1, -0.05) is 31.3 Å². The Hall–Kier alpha value is -2.35. The Bertz CT molecular complexity index is 824. The fourth-order valence-electron chi connectivity index (χ4n) is 3.13. The Morgan fingerprint density at radius 3 is 2.93 bits per heavy atom. The summed E-state index contributed by atoms with van der Waals surface area (Å²) in [5, 5.41) is 11.8. The number of aromatic nitrogens is 2. The van der Waals surface area contributed by atoms with Crippen LogP contribution in [-0.4, -0.2) is 40.0 Å². The first-order valence-corrected chi connectivity index (χ1v) is 9.92. The van der Waals surface area contributed by atoms with Crippen molar-refractivity contribution >= 4 is 28.8 Å². The second kappa shape index (κ2) is 8.56. The van der Waals surface area contributed by atoms with Crippen molar-refractivity contribution in [3.8, 4) is 0 Å².